The summed E-state index contributed by atoms with van der Waals surface area (Å²) in [6.07, 6.45) is 10.3. The summed E-state index contributed by atoms with van der Waals surface area (Å²) in [5, 5.41) is 33.7. The van der Waals surface area contributed by atoms with Crippen molar-refractivity contribution in [2.45, 2.75) is 186 Å². The minimum Gasteiger partial charge on any atom is -0.377 e. The van der Waals surface area contributed by atoms with Crippen molar-refractivity contribution in [3.8, 4) is 0 Å². The number of hydrogen-bond acceptors (Lipinski definition) is 28. The van der Waals surface area contributed by atoms with Crippen LogP contribution in [0.5, 0.6) is 0 Å². The number of ether oxygens (including phenoxy) is 12. The van der Waals surface area contributed by atoms with Gasteiger partial charge in [-0.2, -0.15) is 11.8 Å². The van der Waals surface area contributed by atoms with E-state index in [1.165, 1.54) is 13.8 Å². The van der Waals surface area contributed by atoms with Crippen LogP contribution in [0.25, 0.3) is 0 Å². The summed E-state index contributed by atoms with van der Waals surface area (Å²) in [5.41, 5.74) is 10.4. The fourth-order valence-corrected chi connectivity index (χ4v) is 12.3. The van der Waals surface area contributed by atoms with Gasteiger partial charge in [0.2, 0.25) is 70.9 Å². The largest absolute Gasteiger partial charge is 0.377 e. The maximum Gasteiger partial charge on any atom is 0.315 e. The number of ketones is 2. The van der Waals surface area contributed by atoms with Gasteiger partial charge in [-0.3, -0.25) is 67.1 Å². The summed E-state index contributed by atoms with van der Waals surface area (Å²) in [7, 11) is 0. The molecule has 0 aromatic heterocycles. The fourth-order valence-electron chi connectivity index (χ4n) is 10.8. The van der Waals surface area contributed by atoms with Crippen LogP contribution in [0.15, 0.2) is 0 Å². The van der Waals surface area contributed by atoms with Crippen LogP contribution >= 0.6 is 11.8 Å². The summed E-state index contributed by atoms with van der Waals surface area (Å²) in [5.74, 6) is -2.50. The van der Waals surface area contributed by atoms with Gasteiger partial charge in [-0.05, 0) is 84.5 Å². The van der Waals surface area contributed by atoms with E-state index in [0.717, 1.165) is 37.9 Å². The number of hydrogen-bond donors (Lipinski definition) is 14. The third-order valence-corrected chi connectivity index (χ3v) is 18.6. The molecule has 0 aromatic carbocycles. The molecule has 121 heavy (non-hydrogen) atoms. The molecule has 2 fully saturated rings. The molecule has 2 rings (SSSR count). The minimum atomic E-state index is -0.730. The van der Waals surface area contributed by atoms with E-state index in [-0.39, 0.29) is 271 Å². The number of carbonyl (C=O) groups is 15. The number of nitrogens with one attached hydrogen (secondary N) is 12. The van der Waals surface area contributed by atoms with Gasteiger partial charge in [-0.25, -0.2) is 4.79 Å². The Kier molecular flexibility index (Phi) is 75.3. The molecule has 0 bridgehead atoms. The first kappa shape index (κ1) is 113. The van der Waals surface area contributed by atoms with Crippen LogP contribution in [0, 0.1) is 5.92 Å². The summed E-state index contributed by atoms with van der Waals surface area (Å²) < 4.78 is 63.2. The Balaban J connectivity index is 0.00000248. The maximum absolute atomic E-state index is 13.1. The second kappa shape index (κ2) is 80.5. The van der Waals surface area contributed by atoms with Crippen LogP contribution < -0.4 is 75.3 Å². The van der Waals surface area contributed by atoms with Crippen molar-refractivity contribution < 1.29 is 129 Å². The first-order valence-corrected chi connectivity index (χ1v) is 43.4. The number of thioether (sulfide) groups is 1. The maximum atomic E-state index is 13.1. The van der Waals surface area contributed by atoms with Gasteiger partial charge in [-0.15, -0.1) is 0 Å². The van der Waals surface area contributed by atoms with E-state index in [1.54, 1.807) is 6.92 Å². The van der Waals surface area contributed by atoms with Gasteiger partial charge < -0.3 is 132 Å². The van der Waals surface area contributed by atoms with E-state index < -0.39 is 6.04 Å². The Labute approximate surface area is 716 Å². The Morgan fingerprint density at radius 3 is 1.06 bits per heavy atom. The monoisotopic (exact) mass is 1750 g/mol. The molecular weight excluding hydrogens is 1610 g/mol. The zero-order valence-corrected chi connectivity index (χ0v) is 73.0. The van der Waals surface area contributed by atoms with E-state index in [0.29, 0.717) is 155 Å². The summed E-state index contributed by atoms with van der Waals surface area (Å²) >= 11 is 1.83. The smallest absolute Gasteiger partial charge is 0.315 e. The number of carbonyl (C=O) groups excluding carboxylic acids is 15. The van der Waals surface area contributed by atoms with E-state index in [1.807, 2.05) is 25.6 Å². The van der Waals surface area contributed by atoms with Crippen molar-refractivity contribution in [1.82, 2.24) is 63.8 Å². The van der Waals surface area contributed by atoms with E-state index in [9.17, 15) is 71.9 Å². The normalized spacial score (nSPS) is 14.1. The number of amides is 14. The topological polar surface area (TPSA) is 563 Å². The van der Waals surface area contributed by atoms with Gasteiger partial charge in [0.1, 0.15) is 45.7 Å². The molecule has 0 aliphatic carbocycles. The molecular formula is C79H144N14O27S. The van der Waals surface area contributed by atoms with Gasteiger partial charge >= 0.3 is 6.03 Å². The number of nitrogens with two attached hydrogens (primary N) is 2. The number of rotatable bonds is 80. The number of unbranched alkanes of at least 4 members (excludes halogenated alkanes) is 5. The fraction of sp³-hybridized carbons (Fsp3) is 0.810. The first-order valence-electron chi connectivity index (χ1n) is 42.3. The van der Waals surface area contributed by atoms with Crippen molar-refractivity contribution in [2.24, 2.45) is 17.4 Å². The van der Waals surface area contributed by atoms with Crippen molar-refractivity contribution >= 4 is 100 Å². The Bertz CT molecular complexity index is 2800. The highest BCUT2D eigenvalue weighted by atomic mass is 32.2. The molecule has 0 saturated carbocycles. The molecule has 698 valence electrons. The highest BCUT2D eigenvalue weighted by Crippen LogP contribution is 2.33. The standard InChI is InChI=1S/C46H82N10O13S.C31H56N4O14.C2H6/c1-33(44(48)63)12-6-9-21-53-45(64)34(54-40(60)16-5-4-14-36-43-35(32-70-36)55-46(65)56-43)13-7-10-20-49-38(58)17-11-18-39(59)51-22-24-66-26-29-69-31-42(62)52-23-25-67-27-28-68-30-41(61)50-19-8-2-3-15-37(47)57;1-26(36)22-46-18-14-44-12-8-34-30(40)24-48-20-16-42-10-6-32-28(38)4-3-5-29(39)33-7-11-43-17-21-49-25-31(41)35-9-13-45-15-19-47-23-27(2)37;1-2/h33-36,43H,2-32H2,1H3,(H2,47,57)(H2,48,63)(H,49,58)(H,50,61)(H,51,59)(H,52,62)(H,53,64)(H,54,60)(H2,55,56,65);3-25H2,1-2H3,(H,32,38)(H,33,39)(H,34,40)(H,35,41);1-2H3/t33-,34-,35-,36-,43-;;/m0../s1. The number of Topliss-reactive ketones (excluding diaryl/α,β-unsaturated/α-hetero) is 2. The molecule has 42 heteroatoms. The zero-order chi connectivity index (χ0) is 89.4. The van der Waals surface area contributed by atoms with Gasteiger partial charge in [0.05, 0.1) is 131 Å². The molecule has 2 heterocycles. The molecule has 0 radical (unpaired) electrons. The average molecular weight is 1750 g/mol. The van der Waals surface area contributed by atoms with Crippen molar-refractivity contribution in [3.63, 3.8) is 0 Å². The molecule has 16 N–H and O–H groups in total. The molecule has 2 aliphatic heterocycles. The number of fused-ring (bicyclic) bond motifs is 1. The molecule has 0 unspecified atom stereocenters. The van der Waals surface area contributed by atoms with Crippen molar-refractivity contribution in [1.29, 1.82) is 0 Å². The predicted octanol–water partition coefficient (Wildman–Crippen LogP) is -1.52. The third kappa shape index (κ3) is 74.5. The van der Waals surface area contributed by atoms with Gasteiger partial charge in [0.15, 0.2) is 11.6 Å². The molecule has 14 amide bonds. The summed E-state index contributed by atoms with van der Waals surface area (Å²) in [6.45, 7) is 16.3. The minimum absolute atomic E-state index is 0.0505. The van der Waals surface area contributed by atoms with Crippen LogP contribution in [0.3, 0.4) is 0 Å². The molecule has 0 aromatic rings. The lowest BCUT2D eigenvalue weighted by atomic mass is 10.0. The molecule has 41 nitrogen and oxygen atoms in total. The number of urea groups is 1. The molecule has 5 atom stereocenters. The second-order valence-electron chi connectivity index (χ2n) is 27.8. The molecule has 0 spiro atoms. The van der Waals surface area contributed by atoms with E-state index in [4.69, 9.17) is 68.3 Å². The van der Waals surface area contributed by atoms with Gasteiger partial charge in [-0.1, -0.05) is 40.0 Å². The Hall–Kier alpha value is -7.88. The van der Waals surface area contributed by atoms with Crippen LogP contribution in [0.2, 0.25) is 0 Å². The summed E-state index contributed by atoms with van der Waals surface area (Å²) in [6, 6.07) is -0.591. The van der Waals surface area contributed by atoms with Crippen LogP contribution in [-0.4, -0.2) is 335 Å². The highest BCUT2D eigenvalue weighted by molar-refractivity contribution is 8.00. The lowest BCUT2D eigenvalue weighted by Gasteiger charge is -2.19. The average Bonchev–Trinajstić information content (AvgIpc) is 1.67. The lowest BCUT2D eigenvalue weighted by molar-refractivity contribution is -0.129. The third-order valence-electron chi connectivity index (χ3n) is 17.0. The quantitative estimate of drug-likeness (QED) is 0.0243. The van der Waals surface area contributed by atoms with Crippen molar-refractivity contribution in [3.05, 3.63) is 0 Å². The SMILES string of the molecule is CC.CC(=O)COCCOCCNC(=O)COCCOCCNC(=O)CCCC(=O)NCCOCCOCC(=O)NCCOCCOCC(C)=O.C[C@@H](CCCCNC(=O)[C@H](CCCCNC(=O)CCCC(=O)NCCOCCOCC(=O)NCCOCCOCC(=O)NCCCCCC(N)=O)NC(=O)CCCC[C@@H]1SC[C@@H]2NC(=O)N[C@@H]21)C(N)=O. The zero-order valence-electron chi connectivity index (χ0n) is 72.2. The highest BCUT2D eigenvalue weighted by Gasteiger charge is 2.42. The van der Waals surface area contributed by atoms with E-state index in [2.05, 4.69) is 63.8 Å². The lowest BCUT2D eigenvalue weighted by Crippen LogP contribution is -2.47. The van der Waals surface area contributed by atoms with Crippen molar-refractivity contribution in [2.75, 3.05) is 223 Å². The van der Waals surface area contributed by atoms with E-state index >= 15 is 0 Å². The number of primary amides is 2. The Morgan fingerprint density at radius 1 is 0.355 bits per heavy atom. The predicted molar refractivity (Wildman–Crippen MR) is 447 cm³/mol. The summed E-state index contributed by atoms with van der Waals surface area (Å²) in [4.78, 5) is 177. The van der Waals surface area contributed by atoms with Gasteiger partial charge in [0.25, 0.3) is 0 Å². The Morgan fingerprint density at radius 2 is 0.678 bits per heavy atom. The van der Waals surface area contributed by atoms with Gasteiger partial charge in [0, 0.05) is 114 Å². The molecule has 2 aliphatic rings. The van der Waals surface area contributed by atoms with Crippen LogP contribution in [0.4, 0.5) is 4.79 Å². The molecule has 2 saturated heterocycles. The van der Waals surface area contributed by atoms with Crippen LogP contribution in [0.1, 0.15) is 163 Å². The van der Waals surface area contributed by atoms with Crippen LogP contribution in [-0.2, 0) is 124 Å². The first-order chi connectivity index (χ1) is 58.4. The second-order valence-corrected chi connectivity index (χ2v) is 29.0.